The van der Waals surface area contributed by atoms with Crippen molar-refractivity contribution in [3.05, 3.63) is 113 Å². The molecule has 186 valence electrons. The first-order valence-electron chi connectivity index (χ1n) is 12.2. The van der Waals surface area contributed by atoms with E-state index in [1.165, 1.54) is 16.8 Å². The first-order chi connectivity index (χ1) is 17.9. The Kier molecular flexibility index (Phi) is 6.55. The van der Waals surface area contributed by atoms with Crippen LogP contribution in [0, 0.1) is 25.2 Å². The zero-order chi connectivity index (χ0) is 26.0. The number of halogens is 1. The molecule has 1 fully saturated rings. The fourth-order valence-corrected chi connectivity index (χ4v) is 4.50. The molecular weight excluding hydrogens is 469 g/mol. The van der Waals surface area contributed by atoms with Crippen LogP contribution in [-0.2, 0) is 5.60 Å². The first-order valence-corrected chi connectivity index (χ1v) is 12.2. The standard InChI is InChI=1S/C29H26FN5O2/c1-19-15-27(35(34-19)24-7-3-6-23(17-24)31-2)28(36)33-26-16-21(10-11-25(26)30)29(37,13-12-20-8-9-20)22-5-4-14-32-18-22/h3-7,10-11,14-18,20,37H,8-9,12-13H2,1H3,(H,33,36). The Morgan fingerprint density at radius 3 is 2.76 bits per heavy atom. The van der Waals surface area contributed by atoms with Gasteiger partial charge < -0.3 is 10.4 Å². The van der Waals surface area contributed by atoms with Crippen LogP contribution in [0.5, 0.6) is 0 Å². The van der Waals surface area contributed by atoms with Crippen LogP contribution in [0.1, 0.15) is 53.0 Å². The average Bonchev–Trinajstić information content (AvgIpc) is 3.67. The lowest BCUT2D eigenvalue weighted by molar-refractivity contribution is 0.0666. The molecule has 1 amide bonds. The molecule has 2 aromatic carbocycles. The van der Waals surface area contributed by atoms with Gasteiger partial charge in [-0.1, -0.05) is 37.1 Å². The van der Waals surface area contributed by atoms with E-state index < -0.39 is 17.3 Å². The van der Waals surface area contributed by atoms with Gasteiger partial charge in [-0.2, -0.15) is 5.10 Å². The fraction of sp³-hybridized carbons (Fsp3) is 0.241. The van der Waals surface area contributed by atoms with Gasteiger partial charge in [-0.15, -0.1) is 0 Å². The van der Waals surface area contributed by atoms with E-state index in [1.807, 2.05) is 0 Å². The summed E-state index contributed by atoms with van der Waals surface area (Å²) in [5.74, 6) is -0.592. The number of aliphatic hydroxyl groups is 1. The van der Waals surface area contributed by atoms with E-state index in [0.717, 1.165) is 19.3 Å². The predicted octanol–water partition coefficient (Wildman–Crippen LogP) is 5.94. The molecule has 8 heteroatoms. The second kappa shape index (κ2) is 9.96. The molecular formula is C29H26FN5O2. The quantitative estimate of drug-likeness (QED) is 0.296. The number of carbonyl (C=O) groups excluding carboxylic acids is 1. The lowest BCUT2D eigenvalue weighted by Crippen LogP contribution is -2.28. The van der Waals surface area contributed by atoms with Gasteiger partial charge in [0.1, 0.15) is 17.1 Å². The van der Waals surface area contributed by atoms with Gasteiger partial charge in [0.15, 0.2) is 5.69 Å². The highest BCUT2D eigenvalue weighted by atomic mass is 19.1. The minimum absolute atomic E-state index is 0.0449. The number of aryl methyl sites for hydroxylation is 1. The van der Waals surface area contributed by atoms with Gasteiger partial charge >= 0.3 is 0 Å². The van der Waals surface area contributed by atoms with Crippen LogP contribution in [0.3, 0.4) is 0 Å². The summed E-state index contributed by atoms with van der Waals surface area (Å²) < 4.78 is 16.4. The SMILES string of the molecule is [C-]#[N+]c1cccc(-n2nc(C)cc2C(=O)Nc2cc(C(O)(CCC3CC3)c3cccnc3)ccc2F)c1. The number of benzene rings is 2. The third-order valence-corrected chi connectivity index (χ3v) is 6.71. The number of hydrogen-bond donors (Lipinski definition) is 2. The van der Waals surface area contributed by atoms with E-state index in [2.05, 4.69) is 20.2 Å². The summed E-state index contributed by atoms with van der Waals surface area (Å²) in [6.07, 6.45) is 6.87. The number of rotatable bonds is 8. The molecule has 2 heterocycles. The minimum atomic E-state index is -1.37. The van der Waals surface area contributed by atoms with Crippen LogP contribution in [0.15, 0.2) is 73.1 Å². The second-order valence-electron chi connectivity index (χ2n) is 9.45. The van der Waals surface area contributed by atoms with Crippen molar-refractivity contribution in [1.29, 1.82) is 0 Å². The van der Waals surface area contributed by atoms with E-state index in [1.54, 1.807) is 67.8 Å². The maximum absolute atomic E-state index is 14.9. The number of aromatic nitrogens is 3. The van der Waals surface area contributed by atoms with Crippen molar-refractivity contribution in [2.75, 3.05) is 5.32 Å². The Morgan fingerprint density at radius 1 is 1.19 bits per heavy atom. The highest BCUT2D eigenvalue weighted by Gasteiger charge is 2.35. The predicted molar refractivity (Wildman–Crippen MR) is 138 cm³/mol. The third kappa shape index (κ3) is 5.13. The number of nitrogens with one attached hydrogen (secondary N) is 1. The summed E-state index contributed by atoms with van der Waals surface area (Å²) in [4.78, 5) is 20.9. The molecule has 7 nitrogen and oxygen atoms in total. The normalized spacial score (nSPS) is 14.5. The van der Waals surface area contributed by atoms with Crippen LogP contribution < -0.4 is 5.32 Å². The molecule has 1 saturated carbocycles. The van der Waals surface area contributed by atoms with Crippen LogP contribution in [0.2, 0.25) is 0 Å². The second-order valence-corrected chi connectivity index (χ2v) is 9.45. The molecule has 0 radical (unpaired) electrons. The molecule has 1 atom stereocenters. The summed E-state index contributed by atoms with van der Waals surface area (Å²) in [6.45, 7) is 9.01. The van der Waals surface area contributed by atoms with Crippen molar-refractivity contribution in [1.82, 2.24) is 14.8 Å². The Hall–Kier alpha value is -4.35. The Bertz CT molecular complexity index is 1490. The number of nitrogens with zero attached hydrogens (tertiary/aromatic N) is 4. The van der Waals surface area contributed by atoms with Gasteiger partial charge in [0.2, 0.25) is 0 Å². The van der Waals surface area contributed by atoms with E-state index in [9.17, 15) is 14.3 Å². The maximum atomic E-state index is 14.9. The van der Waals surface area contributed by atoms with Crippen LogP contribution in [0.4, 0.5) is 15.8 Å². The molecule has 2 aromatic heterocycles. The van der Waals surface area contributed by atoms with Crippen molar-refractivity contribution < 1.29 is 14.3 Å². The van der Waals surface area contributed by atoms with Gasteiger partial charge in [0, 0.05) is 18.0 Å². The molecule has 2 N–H and O–H groups in total. The largest absolute Gasteiger partial charge is 0.380 e. The van der Waals surface area contributed by atoms with Gasteiger partial charge in [-0.3, -0.25) is 9.78 Å². The molecule has 0 aliphatic heterocycles. The fourth-order valence-electron chi connectivity index (χ4n) is 4.50. The summed E-state index contributed by atoms with van der Waals surface area (Å²) >= 11 is 0. The van der Waals surface area contributed by atoms with Crippen molar-refractivity contribution >= 4 is 17.3 Å². The van der Waals surface area contributed by atoms with E-state index in [4.69, 9.17) is 6.57 Å². The molecule has 4 aromatic rings. The zero-order valence-electron chi connectivity index (χ0n) is 20.4. The maximum Gasteiger partial charge on any atom is 0.274 e. The van der Waals surface area contributed by atoms with E-state index in [-0.39, 0.29) is 11.4 Å². The Morgan fingerprint density at radius 2 is 2.03 bits per heavy atom. The number of hydrogen-bond acceptors (Lipinski definition) is 4. The van der Waals surface area contributed by atoms with E-state index in [0.29, 0.717) is 40.5 Å². The molecule has 1 aliphatic rings. The molecule has 0 bridgehead atoms. The summed E-state index contributed by atoms with van der Waals surface area (Å²) in [7, 11) is 0. The summed E-state index contributed by atoms with van der Waals surface area (Å²) in [5.41, 5.74) is 1.43. The van der Waals surface area contributed by atoms with Crippen LogP contribution in [0.25, 0.3) is 10.5 Å². The van der Waals surface area contributed by atoms with Crippen molar-refractivity contribution in [3.8, 4) is 5.69 Å². The smallest absolute Gasteiger partial charge is 0.274 e. The summed E-state index contributed by atoms with van der Waals surface area (Å²) in [5, 5.41) is 18.9. The molecule has 37 heavy (non-hydrogen) atoms. The van der Waals surface area contributed by atoms with Gasteiger partial charge in [-0.05, 0) is 67.6 Å². The topological polar surface area (TPSA) is 84.4 Å². The van der Waals surface area contributed by atoms with E-state index >= 15 is 0 Å². The molecule has 0 saturated heterocycles. The van der Waals surface area contributed by atoms with Crippen LogP contribution in [-0.4, -0.2) is 25.8 Å². The Balaban J connectivity index is 1.48. The van der Waals surface area contributed by atoms with Crippen LogP contribution >= 0.6 is 0 Å². The first kappa shape index (κ1) is 24.3. The van der Waals surface area contributed by atoms with Gasteiger partial charge in [-0.25, -0.2) is 13.9 Å². The molecule has 1 unspecified atom stereocenters. The monoisotopic (exact) mass is 495 g/mol. The third-order valence-electron chi connectivity index (χ3n) is 6.71. The average molecular weight is 496 g/mol. The zero-order valence-corrected chi connectivity index (χ0v) is 20.4. The van der Waals surface area contributed by atoms with Crippen molar-refractivity contribution in [2.24, 2.45) is 5.92 Å². The number of amides is 1. The molecule has 5 rings (SSSR count). The summed E-state index contributed by atoms with van der Waals surface area (Å²) in [6, 6.07) is 16.2. The lowest BCUT2D eigenvalue weighted by atomic mass is 9.82. The highest BCUT2D eigenvalue weighted by Crippen LogP contribution is 2.41. The minimum Gasteiger partial charge on any atom is -0.380 e. The number of carbonyl (C=O) groups is 1. The van der Waals surface area contributed by atoms with Crippen molar-refractivity contribution in [3.63, 3.8) is 0 Å². The van der Waals surface area contributed by atoms with Gasteiger partial charge in [0.05, 0.1) is 23.6 Å². The van der Waals surface area contributed by atoms with Crippen molar-refractivity contribution in [2.45, 2.75) is 38.2 Å². The highest BCUT2D eigenvalue weighted by molar-refractivity contribution is 6.03. The molecule has 1 aliphatic carbocycles. The molecule has 0 spiro atoms. The van der Waals surface area contributed by atoms with Gasteiger partial charge in [0.25, 0.3) is 5.91 Å². The number of pyridine rings is 1. The Labute approximate surface area is 214 Å². The number of anilines is 1. The lowest BCUT2D eigenvalue weighted by Gasteiger charge is -2.30.